The van der Waals surface area contributed by atoms with Gasteiger partial charge in [0.25, 0.3) is 0 Å². The molecular weight excluding hydrogens is 243 g/mol. The lowest BCUT2D eigenvalue weighted by Gasteiger charge is -2.34. The Labute approximate surface area is 112 Å². The number of carbonyl (C=O) groups excluding carboxylic acids is 1. The maximum absolute atomic E-state index is 14.0. The van der Waals surface area contributed by atoms with E-state index in [0.717, 1.165) is 19.5 Å². The van der Waals surface area contributed by atoms with Crippen LogP contribution < -0.4 is 10.2 Å². The zero-order valence-electron chi connectivity index (χ0n) is 11.3. The molecule has 19 heavy (non-hydrogen) atoms. The maximum Gasteiger partial charge on any atom is 0.233 e. The van der Waals surface area contributed by atoms with Gasteiger partial charge in [0.1, 0.15) is 5.82 Å². The third kappa shape index (κ3) is 1.77. The second kappa shape index (κ2) is 4.30. The number of nitrogens with one attached hydrogen (secondary N) is 1. The molecule has 2 aliphatic heterocycles. The van der Waals surface area contributed by atoms with Gasteiger partial charge >= 0.3 is 0 Å². The number of hydrogen-bond acceptors (Lipinski definition) is 2. The van der Waals surface area contributed by atoms with E-state index in [-0.39, 0.29) is 23.7 Å². The van der Waals surface area contributed by atoms with Gasteiger partial charge in [-0.25, -0.2) is 4.39 Å². The number of benzene rings is 1. The van der Waals surface area contributed by atoms with Gasteiger partial charge in [0.2, 0.25) is 5.91 Å². The second-order valence-corrected chi connectivity index (χ2v) is 6.01. The number of anilines is 1. The average Bonchev–Trinajstić information content (AvgIpc) is 2.60. The molecule has 2 aliphatic rings. The number of halogens is 1. The minimum Gasteiger partial charge on any atom is -0.316 e. The number of para-hydroxylation sites is 1. The quantitative estimate of drug-likeness (QED) is 0.841. The average molecular weight is 262 g/mol. The third-order valence-electron chi connectivity index (χ3n) is 4.59. The smallest absolute Gasteiger partial charge is 0.233 e. The van der Waals surface area contributed by atoms with Crippen molar-refractivity contribution in [1.82, 2.24) is 5.32 Å². The molecule has 2 unspecified atom stereocenters. The van der Waals surface area contributed by atoms with Crippen molar-refractivity contribution < 1.29 is 9.18 Å². The molecule has 2 heterocycles. The number of carbonyl (C=O) groups is 1. The number of nitrogens with zero attached hydrogens (tertiary/aromatic N) is 1. The second-order valence-electron chi connectivity index (χ2n) is 6.01. The van der Waals surface area contributed by atoms with E-state index in [1.165, 1.54) is 6.07 Å². The van der Waals surface area contributed by atoms with Gasteiger partial charge in [0.05, 0.1) is 11.1 Å². The lowest BCUT2D eigenvalue weighted by molar-refractivity contribution is -0.125. The van der Waals surface area contributed by atoms with Crippen molar-refractivity contribution in [2.24, 2.45) is 11.3 Å². The van der Waals surface area contributed by atoms with Gasteiger partial charge in [0.15, 0.2) is 0 Å². The first-order valence-electron chi connectivity index (χ1n) is 6.82. The van der Waals surface area contributed by atoms with E-state index >= 15 is 0 Å². The van der Waals surface area contributed by atoms with Crippen molar-refractivity contribution in [3.8, 4) is 0 Å². The van der Waals surface area contributed by atoms with E-state index in [1.54, 1.807) is 23.1 Å². The topological polar surface area (TPSA) is 32.3 Å². The van der Waals surface area contributed by atoms with Crippen LogP contribution in [0, 0.1) is 17.2 Å². The summed E-state index contributed by atoms with van der Waals surface area (Å²) in [6, 6.07) is 6.68. The van der Waals surface area contributed by atoms with Crippen LogP contribution >= 0.6 is 0 Å². The van der Waals surface area contributed by atoms with Crippen LogP contribution in [-0.4, -0.2) is 25.0 Å². The summed E-state index contributed by atoms with van der Waals surface area (Å²) in [4.78, 5) is 14.4. The minimum atomic E-state index is -0.430. The lowest BCUT2D eigenvalue weighted by atomic mass is 9.76. The molecule has 3 nitrogen and oxygen atoms in total. The number of rotatable bonds is 1. The zero-order valence-corrected chi connectivity index (χ0v) is 11.3. The van der Waals surface area contributed by atoms with E-state index in [9.17, 15) is 9.18 Å². The summed E-state index contributed by atoms with van der Waals surface area (Å²) in [6.07, 6.45) is 0.883. The molecule has 2 saturated heterocycles. The first-order valence-corrected chi connectivity index (χ1v) is 6.82. The Balaban J connectivity index is 2.06. The van der Waals surface area contributed by atoms with Crippen molar-refractivity contribution in [3.05, 3.63) is 30.1 Å². The molecule has 0 aromatic heterocycles. The van der Waals surface area contributed by atoms with Gasteiger partial charge in [-0.15, -0.1) is 0 Å². The molecule has 1 amide bonds. The standard InChI is InChI=1S/C15H19FN2O/c1-15(2)10-9-17-8-7-12(10)18(14(15)19)13-6-4-3-5-11(13)16/h3-6,10,12,17H,7-9H2,1-2H3. The van der Waals surface area contributed by atoms with Gasteiger partial charge in [0, 0.05) is 18.5 Å². The molecule has 2 fully saturated rings. The van der Waals surface area contributed by atoms with E-state index in [2.05, 4.69) is 5.32 Å². The minimum absolute atomic E-state index is 0.0382. The fourth-order valence-corrected chi connectivity index (χ4v) is 3.44. The zero-order chi connectivity index (χ0) is 13.6. The first kappa shape index (κ1) is 12.6. The summed E-state index contributed by atoms with van der Waals surface area (Å²) >= 11 is 0. The van der Waals surface area contributed by atoms with Crippen molar-refractivity contribution in [2.75, 3.05) is 18.0 Å². The number of piperidine rings is 1. The van der Waals surface area contributed by atoms with Crippen molar-refractivity contribution >= 4 is 11.6 Å². The van der Waals surface area contributed by atoms with Crippen LogP contribution in [0.1, 0.15) is 20.3 Å². The fourth-order valence-electron chi connectivity index (χ4n) is 3.44. The number of hydrogen-bond donors (Lipinski definition) is 1. The molecular formula is C15H19FN2O. The Bertz CT molecular complexity index is 515. The summed E-state index contributed by atoms with van der Waals surface area (Å²) in [5.41, 5.74) is -0.00429. The molecule has 1 N–H and O–H groups in total. The molecule has 0 saturated carbocycles. The summed E-state index contributed by atoms with van der Waals surface area (Å²) in [5, 5.41) is 3.35. The molecule has 102 valence electrons. The van der Waals surface area contributed by atoms with Crippen LogP contribution in [0.5, 0.6) is 0 Å². The first-order chi connectivity index (χ1) is 9.03. The Kier molecular flexibility index (Phi) is 2.86. The Morgan fingerprint density at radius 3 is 2.84 bits per heavy atom. The Morgan fingerprint density at radius 2 is 2.11 bits per heavy atom. The number of amides is 1. The summed E-state index contributed by atoms with van der Waals surface area (Å²) in [5.74, 6) is -0.0320. The van der Waals surface area contributed by atoms with Gasteiger partial charge < -0.3 is 10.2 Å². The molecule has 0 bridgehead atoms. The Hall–Kier alpha value is -1.42. The molecule has 2 atom stereocenters. The summed E-state index contributed by atoms with van der Waals surface area (Å²) in [6.45, 7) is 5.66. The highest BCUT2D eigenvalue weighted by Crippen LogP contribution is 2.45. The van der Waals surface area contributed by atoms with Gasteiger partial charge in [-0.3, -0.25) is 4.79 Å². The predicted octanol–water partition coefficient (Wildman–Crippen LogP) is 2.18. The van der Waals surface area contributed by atoms with Crippen LogP contribution in [0.25, 0.3) is 0 Å². The highest BCUT2D eigenvalue weighted by Gasteiger charge is 2.54. The van der Waals surface area contributed by atoms with E-state index in [0.29, 0.717) is 5.69 Å². The monoisotopic (exact) mass is 262 g/mol. The molecule has 4 heteroatoms. The SMILES string of the molecule is CC1(C)C(=O)N(c2ccccc2F)C2CCNCC21. The highest BCUT2D eigenvalue weighted by molar-refractivity contribution is 6.00. The maximum atomic E-state index is 14.0. The molecule has 0 radical (unpaired) electrons. The molecule has 0 spiro atoms. The third-order valence-corrected chi connectivity index (χ3v) is 4.59. The van der Waals surface area contributed by atoms with Crippen LogP contribution in [0.2, 0.25) is 0 Å². The van der Waals surface area contributed by atoms with Crippen LogP contribution in [0.3, 0.4) is 0 Å². The highest BCUT2D eigenvalue weighted by atomic mass is 19.1. The van der Waals surface area contributed by atoms with Crippen molar-refractivity contribution in [1.29, 1.82) is 0 Å². The molecule has 0 aliphatic carbocycles. The molecule has 3 rings (SSSR count). The summed E-state index contributed by atoms with van der Waals surface area (Å²) < 4.78 is 14.0. The van der Waals surface area contributed by atoms with Gasteiger partial charge in [-0.05, 0) is 25.1 Å². The molecule has 1 aromatic rings. The largest absolute Gasteiger partial charge is 0.316 e. The van der Waals surface area contributed by atoms with Crippen LogP contribution in [0.4, 0.5) is 10.1 Å². The van der Waals surface area contributed by atoms with E-state index < -0.39 is 5.41 Å². The number of fused-ring (bicyclic) bond motifs is 1. The van der Waals surface area contributed by atoms with Crippen LogP contribution in [0.15, 0.2) is 24.3 Å². The van der Waals surface area contributed by atoms with Crippen molar-refractivity contribution in [3.63, 3.8) is 0 Å². The van der Waals surface area contributed by atoms with Crippen molar-refractivity contribution in [2.45, 2.75) is 26.3 Å². The Morgan fingerprint density at radius 1 is 1.37 bits per heavy atom. The fraction of sp³-hybridized carbons (Fsp3) is 0.533. The summed E-state index contributed by atoms with van der Waals surface area (Å²) in [7, 11) is 0. The normalized spacial score (nSPS) is 29.4. The van der Waals surface area contributed by atoms with Gasteiger partial charge in [-0.1, -0.05) is 26.0 Å². The van der Waals surface area contributed by atoms with E-state index in [4.69, 9.17) is 0 Å². The van der Waals surface area contributed by atoms with Crippen LogP contribution in [-0.2, 0) is 4.79 Å². The molecule has 1 aromatic carbocycles. The lowest BCUT2D eigenvalue weighted by Crippen LogP contribution is -2.45. The predicted molar refractivity (Wildman–Crippen MR) is 72.4 cm³/mol. The van der Waals surface area contributed by atoms with Gasteiger partial charge in [-0.2, -0.15) is 0 Å². The van der Waals surface area contributed by atoms with E-state index in [1.807, 2.05) is 13.8 Å².